The summed E-state index contributed by atoms with van der Waals surface area (Å²) in [6.07, 6.45) is 0. The summed E-state index contributed by atoms with van der Waals surface area (Å²) in [4.78, 5) is 0. The van der Waals surface area contributed by atoms with E-state index in [-0.39, 0.29) is 16.1 Å². The molecule has 0 amide bonds. The first-order valence-electron chi connectivity index (χ1n) is 4.48. The molecule has 82 valence electrons. The molecule has 4 heteroatoms. The van der Waals surface area contributed by atoms with Crippen LogP contribution in [0.3, 0.4) is 0 Å². The molecule has 16 heavy (non-hydrogen) atoms. The SMILES string of the molecule is Fc1cc(F)cc(-c2c(F)cccc2Cl)c1. The van der Waals surface area contributed by atoms with E-state index in [2.05, 4.69) is 0 Å². The van der Waals surface area contributed by atoms with Crippen LogP contribution in [-0.2, 0) is 0 Å². The van der Waals surface area contributed by atoms with Gasteiger partial charge in [-0.15, -0.1) is 0 Å². The lowest BCUT2D eigenvalue weighted by Crippen LogP contribution is -1.88. The van der Waals surface area contributed by atoms with Crippen LogP contribution in [0.4, 0.5) is 13.2 Å². The van der Waals surface area contributed by atoms with E-state index in [9.17, 15) is 13.2 Å². The third-order valence-corrected chi connectivity index (χ3v) is 2.43. The van der Waals surface area contributed by atoms with Gasteiger partial charge in [-0.1, -0.05) is 17.7 Å². The lowest BCUT2D eigenvalue weighted by Gasteiger charge is -2.06. The summed E-state index contributed by atoms with van der Waals surface area (Å²) < 4.78 is 39.4. The first-order valence-corrected chi connectivity index (χ1v) is 4.86. The summed E-state index contributed by atoms with van der Waals surface area (Å²) in [5.74, 6) is -2.15. The van der Waals surface area contributed by atoms with Gasteiger partial charge < -0.3 is 0 Å². The second-order valence-electron chi connectivity index (χ2n) is 3.25. The molecular weight excluding hydrogens is 237 g/mol. The summed E-state index contributed by atoms with van der Waals surface area (Å²) in [7, 11) is 0. The Bertz CT molecular complexity index is 497. The summed E-state index contributed by atoms with van der Waals surface area (Å²) in [5.41, 5.74) is 0.0863. The molecule has 0 aliphatic heterocycles. The number of hydrogen-bond acceptors (Lipinski definition) is 0. The normalized spacial score (nSPS) is 10.5. The van der Waals surface area contributed by atoms with Crippen molar-refractivity contribution in [2.24, 2.45) is 0 Å². The van der Waals surface area contributed by atoms with Gasteiger partial charge in [-0.2, -0.15) is 0 Å². The zero-order chi connectivity index (χ0) is 11.7. The lowest BCUT2D eigenvalue weighted by atomic mass is 10.0. The maximum atomic E-state index is 13.5. The van der Waals surface area contributed by atoms with Crippen molar-refractivity contribution >= 4 is 11.6 Å². The molecule has 2 aromatic carbocycles. The Morgan fingerprint density at radius 3 is 2.06 bits per heavy atom. The first-order chi connectivity index (χ1) is 7.58. The van der Waals surface area contributed by atoms with Crippen LogP contribution in [0.25, 0.3) is 11.1 Å². The maximum Gasteiger partial charge on any atom is 0.132 e. The average Bonchev–Trinajstić information content (AvgIpc) is 2.15. The van der Waals surface area contributed by atoms with Crippen LogP contribution in [0.5, 0.6) is 0 Å². The van der Waals surface area contributed by atoms with E-state index in [0.29, 0.717) is 0 Å². The van der Waals surface area contributed by atoms with Crippen molar-refractivity contribution < 1.29 is 13.2 Å². The first kappa shape index (κ1) is 11.0. The molecule has 0 heterocycles. The van der Waals surface area contributed by atoms with Crippen molar-refractivity contribution in [1.29, 1.82) is 0 Å². The van der Waals surface area contributed by atoms with Crippen molar-refractivity contribution in [3.63, 3.8) is 0 Å². The molecule has 2 rings (SSSR count). The van der Waals surface area contributed by atoms with Crippen LogP contribution in [0.2, 0.25) is 5.02 Å². The average molecular weight is 243 g/mol. The largest absolute Gasteiger partial charge is 0.207 e. The van der Waals surface area contributed by atoms with Crippen LogP contribution in [0, 0.1) is 17.5 Å². The van der Waals surface area contributed by atoms with E-state index >= 15 is 0 Å². The molecule has 0 radical (unpaired) electrons. The zero-order valence-corrected chi connectivity index (χ0v) is 8.73. The highest BCUT2D eigenvalue weighted by molar-refractivity contribution is 6.33. The molecule has 0 nitrogen and oxygen atoms in total. The van der Waals surface area contributed by atoms with Gasteiger partial charge in [0.05, 0.1) is 5.02 Å². The van der Waals surface area contributed by atoms with Gasteiger partial charge in [0, 0.05) is 11.6 Å². The minimum atomic E-state index is -0.769. The Hall–Kier alpha value is -1.48. The van der Waals surface area contributed by atoms with Gasteiger partial charge in [-0.3, -0.25) is 0 Å². The third-order valence-electron chi connectivity index (χ3n) is 2.11. The summed E-state index contributed by atoms with van der Waals surface area (Å²) >= 11 is 5.78. The highest BCUT2D eigenvalue weighted by Gasteiger charge is 2.11. The maximum absolute atomic E-state index is 13.5. The Morgan fingerprint density at radius 2 is 1.50 bits per heavy atom. The van der Waals surface area contributed by atoms with Crippen LogP contribution < -0.4 is 0 Å². The molecule has 0 atom stereocenters. The highest BCUT2D eigenvalue weighted by Crippen LogP contribution is 2.31. The predicted octanol–water partition coefficient (Wildman–Crippen LogP) is 4.42. The summed E-state index contributed by atoms with van der Waals surface area (Å²) in [6.45, 7) is 0. The quantitative estimate of drug-likeness (QED) is 0.694. The highest BCUT2D eigenvalue weighted by atomic mass is 35.5. The van der Waals surface area contributed by atoms with Crippen molar-refractivity contribution in [3.8, 4) is 11.1 Å². The van der Waals surface area contributed by atoms with Crippen LogP contribution in [-0.4, -0.2) is 0 Å². The van der Waals surface area contributed by atoms with Crippen molar-refractivity contribution in [3.05, 3.63) is 58.9 Å². The third kappa shape index (κ3) is 2.04. The predicted molar refractivity (Wildman–Crippen MR) is 56.8 cm³/mol. The lowest BCUT2D eigenvalue weighted by molar-refractivity contribution is 0.583. The molecular formula is C12H6ClF3. The van der Waals surface area contributed by atoms with E-state index in [4.69, 9.17) is 11.6 Å². The van der Waals surface area contributed by atoms with Crippen LogP contribution >= 0.6 is 11.6 Å². The number of halogens is 4. The van der Waals surface area contributed by atoms with Gasteiger partial charge in [0.2, 0.25) is 0 Å². The Labute approximate surface area is 95.3 Å². The van der Waals surface area contributed by atoms with Gasteiger partial charge in [0.15, 0.2) is 0 Å². The molecule has 0 fully saturated rings. The number of rotatable bonds is 1. The molecule has 0 unspecified atom stereocenters. The fraction of sp³-hybridized carbons (Fsp3) is 0. The van der Waals surface area contributed by atoms with Gasteiger partial charge in [0.25, 0.3) is 0 Å². The molecule has 0 spiro atoms. The van der Waals surface area contributed by atoms with Crippen molar-refractivity contribution in [2.75, 3.05) is 0 Å². The standard InChI is InChI=1S/C12H6ClF3/c13-10-2-1-3-11(16)12(10)7-4-8(14)6-9(15)5-7/h1-6H. The van der Waals surface area contributed by atoms with Crippen molar-refractivity contribution in [2.45, 2.75) is 0 Å². The molecule has 0 aliphatic carbocycles. The van der Waals surface area contributed by atoms with Gasteiger partial charge in [0.1, 0.15) is 17.5 Å². The monoisotopic (exact) mass is 242 g/mol. The van der Waals surface area contributed by atoms with E-state index in [1.54, 1.807) is 0 Å². The smallest absolute Gasteiger partial charge is 0.132 e. The van der Waals surface area contributed by atoms with E-state index < -0.39 is 17.5 Å². The fourth-order valence-corrected chi connectivity index (χ4v) is 1.74. The summed E-state index contributed by atoms with van der Waals surface area (Å²) in [5, 5.41) is 0.116. The molecule has 0 N–H and O–H groups in total. The summed E-state index contributed by atoms with van der Waals surface area (Å²) in [6, 6.07) is 6.86. The van der Waals surface area contributed by atoms with Gasteiger partial charge in [-0.25, -0.2) is 13.2 Å². The van der Waals surface area contributed by atoms with Crippen molar-refractivity contribution in [1.82, 2.24) is 0 Å². The molecule has 0 bridgehead atoms. The number of hydrogen-bond donors (Lipinski definition) is 0. The molecule has 0 saturated carbocycles. The van der Waals surface area contributed by atoms with Gasteiger partial charge in [-0.05, 0) is 29.8 Å². The topological polar surface area (TPSA) is 0 Å². The molecule has 0 aromatic heterocycles. The number of benzene rings is 2. The van der Waals surface area contributed by atoms with E-state index in [1.807, 2.05) is 0 Å². The minimum Gasteiger partial charge on any atom is -0.207 e. The Kier molecular flexibility index (Phi) is 2.88. The Morgan fingerprint density at radius 1 is 0.875 bits per heavy atom. The molecule has 0 saturated heterocycles. The molecule has 0 aliphatic rings. The molecule has 2 aromatic rings. The minimum absolute atomic E-state index is 0.00238. The zero-order valence-electron chi connectivity index (χ0n) is 7.98. The van der Waals surface area contributed by atoms with E-state index in [0.717, 1.165) is 18.2 Å². The fourth-order valence-electron chi connectivity index (χ4n) is 1.47. The van der Waals surface area contributed by atoms with E-state index in [1.165, 1.54) is 18.2 Å². The second-order valence-corrected chi connectivity index (χ2v) is 3.66. The van der Waals surface area contributed by atoms with Gasteiger partial charge >= 0.3 is 0 Å². The second kappa shape index (κ2) is 4.18. The Balaban J connectivity index is 2.67. The van der Waals surface area contributed by atoms with Crippen LogP contribution in [0.15, 0.2) is 36.4 Å². The van der Waals surface area contributed by atoms with Crippen LogP contribution in [0.1, 0.15) is 0 Å².